The lowest BCUT2D eigenvalue weighted by molar-refractivity contribution is -0.382. The lowest BCUT2D eigenvalue weighted by Crippen LogP contribution is -2.63. The average molecular weight is 1490 g/mol. The normalized spacial score (nSPS) is 12.8. The first-order chi connectivity index (χ1) is 48.2. The predicted molar refractivity (Wildman–Crippen MR) is 341 cm³/mol. The van der Waals surface area contributed by atoms with Crippen molar-refractivity contribution in [3.05, 3.63) is 243 Å². The predicted octanol–water partition coefficient (Wildman–Crippen LogP) is 19.9. The van der Waals surface area contributed by atoms with Gasteiger partial charge in [0.05, 0.1) is 0 Å². The summed E-state index contributed by atoms with van der Waals surface area (Å²) in [6.07, 6.45) is -14.4. The van der Waals surface area contributed by atoms with Gasteiger partial charge in [-0.25, -0.2) is 29.9 Å². The summed E-state index contributed by atoms with van der Waals surface area (Å²) in [7, 11) is -14.9. The minimum absolute atomic E-state index is 0.0528. The number of rotatable bonds is 16. The number of alkyl halides is 18. The fourth-order valence-corrected chi connectivity index (χ4v) is 11.2. The Hall–Kier alpha value is -11.1. The Labute approximate surface area is 569 Å². The zero-order valence-electron chi connectivity index (χ0n) is 51.3. The first-order valence-electron chi connectivity index (χ1n) is 29.2. The molecule has 0 aliphatic heterocycles. The Balaban J connectivity index is 0.000000188. The maximum Gasteiger partial charge on any atom is 0.460 e. The Morgan fingerprint density at radius 3 is 0.864 bits per heavy atom. The number of halogens is 19. The minimum Gasteiger partial charge on any atom is -0.507 e. The van der Waals surface area contributed by atoms with Gasteiger partial charge >= 0.3 is 66.9 Å². The van der Waals surface area contributed by atoms with Gasteiger partial charge in [-0.2, -0.15) is 95.9 Å². The summed E-state index contributed by atoms with van der Waals surface area (Å²) in [5, 5.41) is -1.02. The number of phenols is 1. The van der Waals surface area contributed by atoms with Crippen molar-refractivity contribution in [1.82, 2.24) is 29.9 Å². The molecule has 0 bridgehead atoms. The third-order valence-electron chi connectivity index (χ3n) is 15.1. The summed E-state index contributed by atoms with van der Waals surface area (Å²) >= 11 is 0. The molecule has 12 aromatic rings. The van der Waals surface area contributed by atoms with Crippen molar-refractivity contribution in [3.8, 4) is 102 Å². The molecule has 12 nitrogen and oxygen atoms in total. The van der Waals surface area contributed by atoms with Crippen LogP contribution in [0, 0.1) is 0 Å². The van der Waals surface area contributed by atoms with Crippen LogP contribution in [0.15, 0.2) is 243 Å². The molecule has 2 heterocycles. The molecule has 0 fully saturated rings. The molecular weight excluding hydrogens is 1450 g/mol. The zero-order chi connectivity index (χ0) is 74.9. The van der Waals surface area contributed by atoms with E-state index in [0.29, 0.717) is 51.2 Å². The van der Waals surface area contributed by atoms with E-state index in [4.69, 9.17) is 15.0 Å². The van der Waals surface area contributed by atoms with Crippen LogP contribution in [0.3, 0.4) is 0 Å². The molecule has 2 aromatic heterocycles. The van der Waals surface area contributed by atoms with E-state index in [-0.39, 0.29) is 28.1 Å². The standard InChI is InChI=1S/C35H20F9N3O3S.C31H21N3O.C4F10O2S/c36-32(37,34(40,41)42)33(38,39)35(43,44)51(48,49)50-27-20-19-21-9-7-8-14-26(21)28(27)22-15-17-25(18-16-22)31-46-29(23-10-3-1-4-11-23)45-30(47-31)24-12-5-2-6-13-24;35-27-20-19-21-9-7-8-14-26(21)28(27)22-15-17-25(18-16-22)31-33-29(23-10-3-1-4-11-23)32-30(34-31)24-12-5-2-6-13-24;5-1(6,3(9,10)11)2(7,8)4(12,13)17(14,15)16/h1-20H;1-20,35H;. The Kier molecular flexibility index (Phi) is 20.3. The number of hydrogen-bond donors (Lipinski definition) is 1. The third kappa shape index (κ3) is 14.6. The van der Waals surface area contributed by atoms with Crippen LogP contribution >= 0.6 is 0 Å². The van der Waals surface area contributed by atoms with Gasteiger partial charge in [0.1, 0.15) is 5.75 Å². The van der Waals surface area contributed by atoms with E-state index in [9.17, 15) is 105 Å². The summed E-state index contributed by atoms with van der Waals surface area (Å²) in [6.45, 7) is 0. The zero-order valence-corrected chi connectivity index (χ0v) is 52.9. The molecule has 0 aliphatic rings. The number of fused-ring (bicyclic) bond motifs is 2. The van der Waals surface area contributed by atoms with Crippen LogP contribution in [0.1, 0.15) is 0 Å². The second-order valence-electron chi connectivity index (χ2n) is 21.9. The molecule has 103 heavy (non-hydrogen) atoms. The number of aromatic nitrogens is 6. The van der Waals surface area contributed by atoms with Gasteiger partial charge in [-0.15, -0.1) is 0 Å². The van der Waals surface area contributed by atoms with Gasteiger partial charge in [0.25, 0.3) is 0 Å². The number of hydrogen-bond acceptors (Lipinski definition) is 12. The second-order valence-corrected chi connectivity index (χ2v) is 24.8. The highest BCUT2D eigenvalue weighted by Gasteiger charge is 2.87. The number of aromatic hydroxyl groups is 1. The van der Waals surface area contributed by atoms with Gasteiger partial charge in [0, 0.05) is 44.5 Å². The van der Waals surface area contributed by atoms with Crippen molar-refractivity contribution >= 4 is 41.9 Å². The van der Waals surface area contributed by atoms with Crippen LogP contribution < -0.4 is 4.18 Å². The van der Waals surface area contributed by atoms with E-state index in [1.54, 1.807) is 60.7 Å². The molecule has 0 atom stereocenters. The monoisotopic (exact) mass is 1490 g/mol. The van der Waals surface area contributed by atoms with Crippen molar-refractivity contribution in [2.45, 2.75) is 46.6 Å². The van der Waals surface area contributed by atoms with Crippen molar-refractivity contribution in [3.63, 3.8) is 0 Å². The minimum atomic E-state index is -7.67. The van der Waals surface area contributed by atoms with Gasteiger partial charge in [-0.1, -0.05) is 234 Å². The second kappa shape index (κ2) is 28.0. The lowest BCUT2D eigenvalue weighted by Gasteiger charge is -2.32. The Morgan fingerprint density at radius 1 is 0.282 bits per heavy atom. The fourth-order valence-electron chi connectivity index (χ4n) is 9.83. The molecule has 0 saturated carbocycles. The van der Waals surface area contributed by atoms with E-state index >= 15 is 0 Å². The van der Waals surface area contributed by atoms with Gasteiger partial charge in [0.2, 0.25) is 0 Å². The summed E-state index contributed by atoms with van der Waals surface area (Å²) < 4.78 is 289. The Morgan fingerprint density at radius 2 is 0.544 bits per heavy atom. The number of phenolic OH excluding ortho intramolecular Hbond substituents is 1. The van der Waals surface area contributed by atoms with Crippen molar-refractivity contribution in [2.75, 3.05) is 0 Å². The molecule has 0 unspecified atom stereocenters. The van der Waals surface area contributed by atoms with Gasteiger partial charge in [-0.05, 0) is 44.8 Å². The number of benzene rings is 10. The van der Waals surface area contributed by atoms with Crippen molar-refractivity contribution < 1.29 is 109 Å². The highest BCUT2D eigenvalue weighted by Crippen LogP contribution is 2.57. The highest BCUT2D eigenvalue weighted by molar-refractivity contribution is 7.88. The molecule has 0 spiro atoms. The van der Waals surface area contributed by atoms with E-state index in [1.165, 1.54) is 42.5 Å². The van der Waals surface area contributed by atoms with Crippen molar-refractivity contribution in [1.29, 1.82) is 0 Å². The van der Waals surface area contributed by atoms with Gasteiger partial charge < -0.3 is 9.29 Å². The molecule has 0 saturated heterocycles. The van der Waals surface area contributed by atoms with E-state index in [0.717, 1.165) is 50.7 Å². The van der Waals surface area contributed by atoms with Crippen LogP contribution in [0.4, 0.5) is 82.9 Å². The molecule has 33 heteroatoms. The average Bonchev–Trinajstić information content (AvgIpc) is 0.724. The van der Waals surface area contributed by atoms with Crippen molar-refractivity contribution in [2.24, 2.45) is 0 Å². The molecule has 1 N–H and O–H groups in total. The third-order valence-corrected chi connectivity index (χ3v) is 17.3. The SMILES string of the molecule is O=S(=O)(F)C(F)(F)C(F)(F)C(F)(F)C(F)(F)F.O=S(=O)(Oc1ccc2ccccc2c1-c1ccc(-c2nc(-c3ccccc3)nc(-c3ccccc3)n2)cc1)C(F)(F)C(F)(F)C(F)(F)C(F)(F)F.Oc1ccc2ccccc2c1-c1ccc(-c2nc(-c3ccccc3)nc(-c3ccccc3)n2)cc1. The summed E-state index contributed by atoms with van der Waals surface area (Å²) in [5.41, 5.74) is 6.01. The highest BCUT2D eigenvalue weighted by atomic mass is 32.3. The molecule has 10 aromatic carbocycles. The smallest absolute Gasteiger partial charge is 0.460 e. The molecule has 0 aliphatic carbocycles. The van der Waals surface area contributed by atoms with Crippen LogP contribution in [-0.2, 0) is 20.3 Å². The van der Waals surface area contributed by atoms with Gasteiger partial charge in [0.15, 0.2) is 40.7 Å². The maximum absolute atomic E-state index is 14.6. The molecular formula is C70H41F19N6O6S2. The fraction of sp³-hybridized carbons (Fsp3) is 0.114. The van der Waals surface area contributed by atoms with Crippen LogP contribution in [0.2, 0.25) is 0 Å². The van der Waals surface area contributed by atoms with Crippen LogP contribution in [0.5, 0.6) is 11.5 Å². The summed E-state index contributed by atoms with van der Waals surface area (Å²) in [5.74, 6) is -27.9. The Bertz CT molecular complexity index is 5180. The first-order valence-corrected chi connectivity index (χ1v) is 32.0. The van der Waals surface area contributed by atoms with E-state index in [1.807, 2.05) is 127 Å². The first kappa shape index (κ1) is 74.6. The van der Waals surface area contributed by atoms with Gasteiger partial charge in [-0.3, -0.25) is 0 Å². The molecule has 12 rings (SSSR count). The quantitative estimate of drug-likeness (QED) is 0.0551. The van der Waals surface area contributed by atoms with E-state index < -0.39 is 72.6 Å². The maximum atomic E-state index is 14.6. The largest absolute Gasteiger partial charge is 0.507 e. The molecule has 532 valence electrons. The summed E-state index contributed by atoms with van der Waals surface area (Å²) in [4.78, 5) is 28.1. The molecule has 0 amide bonds. The topological polar surface area (TPSA) is 175 Å². The van der Waals surface area contributed by atoms with Crippen LogP contribution in [0.25, 0.3) is 112 Å². The molecule has 0 radical (unpaired) electrons. The van der Waals surface area contributed by atoms with Crippen LogP contribution in [-0.4, -0.2) is 98.4 Å². The summed E-state index contributed by atoms with van der Waals surface area (Å²) in [6, 6.07) is 71.1. The van der Waals surface area contributed by atoms with E-state index in [2.05, 4.69) is 19.1 Å². The number of nitrogens with zero attached hydrogens (tertiary/aromatic N) is 6. The lowest BCUT2D eigenvalue weighted by atomic mass is 9.96.